The van der Waals surface area contributed by atoms with Gasteiger partial charge in [0.15, 0.2) is 0 Å². The topological polar surface area (TPSA) is 38.0 Å². The molecule has 0 bridgehead atoms. The molecule has 1 atom stereocenters. The van der Waals surface area contributed by atoms with Gasteiger partial charge < -0.3 is 0 Å². The Labute approximate surface area is 86.6 Å². The molecule has 1 aromatic carbocycles. The number of benzene rings is 1. The Morgan fingerprint density at radius 2 is 2.17 bits per heavy atom. The molecule has 66 valence electrons. The van der Waals surface area contributed by atoms with Gasteiger partial charge in [0.25, 0.3) is 0 Å². The second kappa shape index (κ2) is 4.79. The van der Waals surface area contributed by atoms with Gasteiger partial charge in [-0.05, 0) is 40.6 Å². The Bertz CT molecular complexity index is 246. The number of rotatable bonds is 3. The minimum absolute atomic E-state index is 0.276. The molecule has 12 heavy (non-hydrogen) atoms. The minimum Gasteiger partial charge on any atom is -0.271 e. The van der Waals surface area contributed by atoms with Crippen molar-refractivity contribution in [3.8, 4) is 0 Å². The van der Waals surface area contributed by atoms with Crippen LogP contribution in [0.5, 0.6) is 0 Å². The van der Waals surface area contributed by atoms with Crippen LogP contribution in [0.25, 0.3) is 0 Å². The maximum atomic E-state index is 5.43. The van der Waals surface area contributed by atoms with Crippen molar-refractivity contribution in [3.05, 3.63) is 33.4 Å². The fourth-order valence-corrected chi connectivity index (χ4v) is 1.95. The molecule has 0 amide bonds. The van der Waals surface area contributed by atoms with E-state index in [1.165, 1.54) is 9.13 Å². The van der Waals surface area contributed by atoms with E-state index in [1.807, 2.05) is 12.1 Å². The van der Waals surface area contributed by atoms with Crippen LogP contribution in [0.1, 0.15) is 24.9 Å². The maximum Gasteiger partial charge on any atom is 0.0467 e. The molecule has 3 heteroatoms. The molecule has 0 spiro atoms. The third-order valence-electron chi connectivity index (χ3n) is 1.89. The Hall–Kier alpha value is -0.130. The van der Waals surface area contributed by atoms with Crippen molar-refractivity contribution in [2.45, 2.75) is 19.4 Å². The number of nitrogens with one attached hydrogen (secondary N) is 1. The van der Waals surface area contributed by atoms with Gasteiger partial charge in [-0.25, -0.2) is 0 Å². The number of hydrogen-bond acceptors (Lipinski definition) is 2. The first-order valence-corrected chi connectivity index (χ1v) is 5.08. The van der Waals surface area contributed by atoms with Gasteiger partial charge in [0.1, 0.15) is 0 Å². The fourth-order valence-electron chi connectivity index (χ4n) is 1.19. The molecule has 0 aliphatic rings. The minimum atomic E-state index is 0.276. The van der Waals surface area contributed by atoms with Gasteiger partial charge in [-0.2, -0.15) is 0 Å². The molecule has 1 rings (SSSR count). The predicted octanol–water partition coefficient (Wildman–Crippen LogP) is 2.21. The van der Waals surface area contributed by atoms with Gasteiger partial charge in [0.2, 0.25) is 0 Å². The van der Waals surface area contributed by atoms with E-state index < -0.39 is 0 Å². The van der Waals surface area contributed by atoms with Gasteiger partial charge in [0.05, 0.1) is 0 Å². The number of nitrogens with two attached hydrogens (primary N) is 1. The van der Waals surface area contributed by atoms with E-state index in [2.05, 4.69) is 47.1 Å². The second-order valence-corrected chi connectivity index (χ2v) is 3.81. The quantitative estimate of drug-likeness (QED) is 0.504. The highest BCUT2D eigenvalue weighted by molar-refractivity contribution is 14.1. The van der Waals surface area contributed by atoms with E-state index in [-0.39, 0.29) is 6.04 Å². The van der Waals surface area contributed by atoms with Gasteiger partial charge in [-0.3, -0.25) is 11.3 Å². The molecule has 0 aromatic heterocycles. The zero-order valence-electron chi connectivity index (χ0n) is 7.05. The highest BCUT2D eigenvalue weighted by Gasteiger charge is 2.08. The van der Waals surface area contributed by atoms with Crippen LogP contribution in [-0.4, -0.2) is 0 Å². The Morgan fingerprint density at radius 3 is 2.67 bits per heavy atom. The lowest BCUT2D eigenvalue weighted by Gasteiger charge is -2.15. The molecule has 0 aliphatic heterocycles. The third-order valence-corrected chi connectivity index (χ3v) is 2.87. The Balaban J connectivity index is 2.92. The van der Waals surface area contributed by atoms with Crippen LogP contribution in [0, 0.1) is 3.57 Å². The molecule has 0 aliphatic carbocycles. The van der Waals surface area contributed by atoms with Crippen molar-refractivity contribution in [1.82, 2.24) is 5.43 Å². The average Bonchev–Trinajstić information content (AvgIpc) is 2.10. The zero-order chi connectivity index (χ0) is 8.97. The fraction of sp³-hybridized carbons (Fsp3) is 0.333. The first-order chi connectivity index (χ1) is 5.79. The molecule has 3 N–H and O–H groups in total. The summed E-state index contributed by atoms with van der Waals surface area (Å²) in [6.45, 7) is 2.12. The van der Waals surface area contributed by atoms with Crippen LogP contribution < -0.4 is 11.3 Å². The lowest BCUT2D eigenvalue weighted by molar-refractivity contribution is 0.537. The van der Waals surface area contributed by atoms with Crippen LogP contribution in [0.4, 0.5) is 0 Å². The standard InChI is InChI=1S/C9H13IN2/c1-2-9(12-11)7-5-3-4-6-8(7)10/h3-6,9,12H,2,11H2,1H3. The highest BCUT2D eigenvalue weighted by atomic mass is 127. The van der Waals surface area contributed by atoms with Crippen molar-refractivity contribution >= 4 is 22.6 Å². The molecular weight excluding hydrogens is 263 g/mol. The molecule has 0 saturated heterocycles. The summed E-state index contributed by atoms with van der Waals surface area (Å²) in [6, 6.07) is 8.55. The lowest BCUT2D eigenvalue weighted by atomic mass is 10.1. The summed E-state index contributed by atoms with van der Waals surface area (Å²) in [6.07, 6.45) is 1.01. The third kappa shape index (κ3) is 2.18. The molecular formula is C9H13IN2. The Kier molecular flexibility index (Phi) is 3.97. The van der Waals surface area contributed by atoms with Crippen LogP contribution in [0.15, 0.2) is 24.3 Å². The smallest absolute Gasteiger partial charge is 0.0467 e. The number of hydrogen-bond donors (Lipinski definition) is 2. The molecule has 0 heterocycles. The highest BCUT2D eigenvalue weighted by Crippen LogP contribution is 2.21. The predicted molar refractivity (Wildman–Crippen MR) is 59.5 cm³/mol. The molecule has 0 fully saturated rings. The van der Waals surface area contributed by atoms with Gasteiger partial charge in [-0.15, -0.1) is 0 Å². The van der Waals surface area contributed by atoms with E-state index >= 15 is 0 Å². The molecule has 0 radical (unpaired) electrons. The van der Waals surface area contributed by atoms with E-state index in [1.54, 1.807) is 0 Å². The Morgan fingerprint density at radius 1 is 1.50 bits per heavy atom. The first-order valence-electron chi connectivity index (χ1n) is 4.00. The van der Waals surface area contributed by atoms with Crippen LogP contribution in [0.2, 0.25) is 0 Å². The number of halogens is 1. The molecule has 1 aromatic rings. The van der Waals surface area contributed by atoms with Crippen molar-refractivity contribution in [2.75, 3.05) is 0 Å². The summed E-state index contributed by atoms with van der Waals surface area (Å²) in [5.41, 5.74) is 4.08. The maximum absolute atomic E-state index is 5.43. The van der Waals surface area contributed by atoms with Gasteiger partial charge >= 0.3 is 0 Å². The van der Waals surface area contributed by atoms with Crippen LogP contribution in [0.3, 0.4) is 0 Å². The van der Waals surface area contributed by atoms with Gasteiger partial charge in [0, 0.05) is 9.61 Å². The average molecular weight is 276 g/mol. The van der Waals surface area contributed by atoms with E-state index in [0.29, 0.717) is 0 Å². The molecule has 0 saturated carbocycles. The zero-order valence-corrected chi connectivity index (χ0v) is 9.21. The normalized spacial score (nSPS) is 12.9. The summed E-state index contributed by atoms with van der Waals surface area (Å²) >= 11 is 2.33. The van der Waals surface area contributed by atoms with Crippen molar-refractivity contribution in [2.24, 2.45) is 5.84 Å². The summed E-state index contributed by atoms with van der Waals surface area (Å²) in [4.78, 5) is 0. The summed E-state index contributed by atoms with van der Waals surface area (Å²) < 4.78 is 1.26. The monoisotopic (exact) mass is 276 g/mol. The second-order valence-electron chi connectivity index (χ2n) is 2.65. The molecule has 1 unspecified atom stereocenters. The summed E-state index contributed by atoms with van der Waals surface area (Å²) in [5, 5.41) is 0. The van der Waals surface area contributed by atoms with Crippen molar-refractivity contribution < 1.29 is 0 Å². The van der Waals surface area contributed by atoms with E-state index in [4.69, 9.17) is 5.84 Å². The lowest BCUT2D eigenvalue weighted by Crippen LogP contribution is -2.27. The first kappa shape index (κ1) is 9.95. The van der Waals surface area contributed by atoms with Crippen molar-refractivity contribution in [1.29, 1.82) is 0 Å². The van der Waals surface area contributed by atoms with Crippen LogP contribution >= 0.6 is 22.6 Å². The summed E-state index contributed by atoms with van der Waals surface area (Å²) in [7, 11) is 0. The summed E-state index contributed by atoms with van der Waals surface area (Å²) in [5.74, 6) is 5.43. The van der Waals surface area contributed by atoms with E-state index in [0.717, 1.165) is 6.42 Å². The van der Waals surface area contributed by atoms with E-state index in [9.17, 15) is 0 Å². The molecule has 2 nitrogen and oxygen atoms in total. The van der Waals surface area contributed by atoms with Crippen LogP contribution in [-0.2, 0) is 0 Å². The van der Waals surface area contributed by atoms with Crippen molar-refractivity contribution in [3.63, 3.8) is 0 Å². The SMILES string of the molecule is CCC(NN)c1ccccc1I. The largest absolute Gasteiger partial charge is 0.271 e. The number of hydrazine groups is 1. The van der Waals surface area contributed by atoms with Gasteiger partial charge in [-0.1, -0.05) is 25.1 Å².